The van der Waals surface area contributed by atoms with Gasteiger partial charge in [-0.1, -0.05) is 19.1 Å². The molecule has 1 heterocycles. The van der Waals surface area contributed by atoms with Crippen molar-refractivity contribution in [3.8, 4) is 5.75 Å². The lowest BCUT2D eigenvalue weighted by Crippen LogP contribution is -2.22. The SMILES string of the molecule is CCCn1ncc(OC)c1C(NC)c1ccc(I)cc1. The summed E-state index contributed by atoms with van der Waals surface area (Å²) in [5, 5.41) is 7.81. The maximum Gasteiger partial charge on any atom is 0.161 e. The lowest BCUT2D eigenvalue weighted by Gasteiger charge is -2.19. The van der Waals surface area contributed by atoms with Gasteiger partial charge in [0.05, 0.1) is 19.3 Å². The van der Waals surface area contributed by atoms with Gasteiger partial charge < -0.3 is 10.1 Å². The van der Waals surface area contributed by atoms with Gasteiger partial charge in [-0.25, -0.2) is 0 Å². The van der Waals surface area contributed by atoms with Gasteiger partial charge in [0.25, 0.3) is 0 Å². The highest BCUT2D eigenvalue weighted by atomic mass is 127. The largest absolute Gasteiger partial charge is 0.493 e. The summed E-state index contributed by atoms with van der Waals surface area (Å²) < 4.78 is 8.73. The topological polar surface area (TPSA) is 39.1 Å². The molecule has 1 aromatic carbocycles. The van der Waals surface area contributed by atoms with Crippen molar-refractivity contribution in [2.24, 2.45) is 0 Å². The van der Waals surface area contributed by atoms with Crippen molar-refractivity contribution in [1.29, 1.82) is 0 Å². The van der Waals surface area contributed by atoms with E-state index in [4.69, 9.17) is 4.74 Å². The Bertz CT molecular complexity index is 551. The van der Waals surface area contributed by atoms with Crippen LogP contribution in [0.25, 0.3) is 0 Å². The van der Waals surface area contributed by atoms with E-state index >= 15 is 0 Å². The zero-order valence-electron chi connectivity index (χ0n) is 12.1. The van der Waals surface area contributed by atoms with Crippen LogP contribution in [0.4, 0.5) is 0 Å². The molecule has 108 valence electrons. The molecule has 4 nitrogen and oxygen atoms in total. The molecular weight excluding hydrogens is 365 g/mol. The molecule has 2 rings (SSSR count). The summed E-state index contributed by atoms with van der Waals surface area (Å²) in [7, 11) is 3.66. The molecule has 1 aromatic heterocycles. The van der Waals surface area contributed by atoms with Gasteiger partial charge >= 0.3 is 0 Å². The van der Waals surface area contributed by atoms with E-state index in [2.05, 4.69) is 64.2 Å². The van der Waals surface area contributed by atoms with E-state index in [1.54, 1.807) is 13.3 Å². The van der Waals surface area contributed by atoms with E-state index in [0.29, 0.717) is 0 Å². The molecule has 5 heteroatoms. The van der Waals surface area contributed by atoms with E-state index in [1.807, 2.05) is 11.7 Å². The number of aryl methyl sites for hydroxylation is 1. The average molecular weight is 385 g/mol. The maximum atomic E-state index is 5.48. The van der Waals surface area contributed by atoms with Gasteiger partial charge in [0.2, 0.25) is 0 Å². The fraction of sp³-hybridized carbons (Fsp3) is 0.400. The first kappa shape index (κ1) is 15.3. The third kappa shape index (κ3) is 3.15. The Hall–Kier alpha value is -1.08. The molecule has 0 aliphatic heterocycles. The van der Waals surface area contributed by atoms with Crippen LogP contribution in [0, 0.1) is 3.57 Å². The van der Waals surface area contributed by atoms with Crippen LogP contribution in [0.2, 0.25) is 0 Å². The van der Waals surface area contributed by atoms with Crippen molar-refractivity contribution < 1.29 is 4.74 Å². The fourth-order valence-corrected chi connectivity index (χ4v) is 2.69. The number of nitrogens with one attached hydrogen (secondary N) is 1. The first-order valence-electron chi connectivity index (χ1n) is 6.73. The van der Waals surface area contributed by atoms with Gasteiger partial charge in [-0.15, -0.1) is 0 Å². The second kappa shape index (κ2) is 7.08. The molecule has 0 amide bonds. The maximum absolute atomic E-state index is 5.48. The summed E-state index contributed by atoms with van der Waals surface area (Å²) in [6.07, 6.45) is 2.84. The summed E-state index contributed by atoms with van der Waals surface area (Å²) in [5.74, 6) is 0.830. The number of nitrogens with zero attached hydrogens (tertiary/aromatic N) is 2. The number of ether oxygens (including phenoxy) is 1. The zero-order valence-corrected chi connectivity index (χ0v) is 14.2. The average Bonchev–Trinajstić information content (AvgIpc) is 2.85. The molecular formula is C15H20IN3O. The molecule has 1 unspecified atom stereocenters. The van der Waals surface area contributed by atoms with Crippen LogP contribution in [0.1, 0.15) is 30.6 Å². The van der Waals surface area contributed by atoms with Gasteiger partial charge in [0.1, 0.15) is 5.69 Å². The Labute approximate surface area is 133 Å². The molecule has 0 saturated heterocycles. The number of aromatic nitrogens is 2. The predicted molar refractivity (Wildman–Crippen MR) is 89.1 cm³/mol. The number of rotatable bonds is 6. The minimum absolute atomic E-state index is 0.0796. The number of halogens is 1. The van der Waals surface area contributed by atoms with E-state index in [1.165, 1.54) is 9.13 Å². The normalized spacial score (nSPS) is 12.4. The molecule has 2 aromatic rings. The van der Waals surface area contributed by atoms with Crippen molar-refractivity contribution in [1.82, 2.24) is 15.1 Å². The van der Waals surface area contributed by atoms with Crippen molar-refractivity contribution >= 4 is 22.6 Å². The van der Waals surface area contributed by atoms with Gasteiger partial charge in [-0.3, -0.25) is 4.68 Å². The molecule has 0 bridgehead atoms. The van der Waals surface area contributed by atoms with E-state index in [0.717, 1.165) is 24.4 Å². The number of hydrogen-bond donors (Lipinski definition) is 1. The lowest BCUT2D eigenvalue weighted by atomic mass is 10.0. The van der Waals surface area contributed by atoms with Gasteiger partial charge in [0, 0.05) is 10.1 Å². The molecule has 0 radical (unpaired) electrons. The highest BCUT2D eigenvalue weighted by molar-refractivity contribution is 14.1. The second-order valence-electron chi connectivity index (χ2n) is 4.59. The molecule has 0 spiro atoms. The third-order valence-corrected chi connectivity index (χ3v) is 3.98. The van der Waals surface area contributed by atoms with Gasteiger partial charge in [0.15, 0.2) is 5.75 Å². The Morgan fingerprint density at radius 2 is 2.05 bits per heavy atom. The quantitative estimate of drug-likeness (QED) is 0.777. The van der Waals surface area contributed by atoms with Gasteiger partial charge in [-0.2, -0.15) is 5.10 Å². The first-order valence-corrected chi connectivity index (χ1v) is 7.81. The van der Waals surface area contributed by atoms with Crippen molar-refractivity contribution in [2.45, 2.75) is 25.9 Å². The number of hydrogen-bond acceptors (Lipinski definition) is 3. The van der Waals surface area contributed by atoms with Crippen LogP contribution in [0.15, 0.2) is 30.5 Å². The van der Waals surface area contributed by atoms with E-state index in [-0.39, 0.29) is 6.04 Å². The molecule has 0 fully saturated rings. The number of benzene rings is 1. The van der Waals surface area contributed by atoms with Crippen LogP contribution in [-0.2, 0) is 6.54 Å². The summed E-state index contributed by atoms with van der Waals surface area (Å²) in [6, 6.07) is 8.61. The van der Waals surface area contributed by atoms with Gasteiger partial charge in [-0.05, 0) is 53.8 Å². The summed E-state index contributed by atoms with van der Waals surface area (Å²) >= 11 is 2.32. The molecule has 20 heavy (non-hydrogen) atoms. The fourth-order valence-electron chi connectivity index (χ4n) is 2.33. The van der Waals surface area contributed by atoms with Crippen LogP contribution in [0.5, 0.6) is 5.75 Å². The summed E-state index contributed by atoms with van der Waals surface area (Å²) in [6.45, 7) is 3.04. The molecule has 1 N–H and O–H groups in total. The molecule has 0 saturated carbocycles. The highest BCUT2D eigenvalue weighted by Gasteiger charge is 2.22. The predicted octanol–water partition coefficient (Wildman–Crippen LogP) is 3.22. The Kier molecular flexibility index (Phi) is 5.42. The minimum atomic E-state index is 0.0796. The second-order valence-corrected chi connectivity index (χ2v) is 5.84. The third-order valence-electron chi connectivity index (χ3n) is 3.27. The number of methoxy groups -OCH3 is 1. The van der Waals surface area contributed by atoms with Crippen LogP contribution in [0.3, 0.4) is 0 Å². The summed E-state index contributed by atoms with van der Waals surface area (Å²) in [5.41, 5.74) is 2.29. The lowest BCUT2D eigenvalue weighted by molar-refractivity contribution is 0.400. The van der Waals surface area contributed by atoms with E-state index < -0.39 is 0 Å². The Morgan fingerprint density at radius 3 is 2.60 bits per heavy atom. The Balaban J connectivity index is 2.44. The minimum Gasteiger partial charge on any atom is -0.493 e. The summed E-state index contributed by atoms with van der Waals surface area (Å²) in [4.78, 5) is 0. The van der Waals surface area contributed by atoms with Crippen molar-refractivity contribution in [2.75, 3.05) is 14.2 Å². The smallest absolute Gasteiger partial charge is 0.161 e. The van der Waals surface area contributed by atoms with E-state index in [9.17, 15) is 0 Å². The van der Waals surface area contributed by atoms with Crippen LogP contribution in [-0.4, -0.2) is 23.9 Å². The van der Waals surface area contributed by atoms with Crippen molar-refractivity contribution in [3.63, 3.8) is 0 Å². The molecule has 1 atom stereocenters. The zero-order chi connectivity index (χ0) is 14.5. The monoisotopic (exact) mass is 385 g/mol. The molecule has 0 aliphatic carbocycles. The van der Waals surface area contributed by atoms with Crippen LogP contribution < -0.4 is 10.1 Å². The van der Waals surface area contributed by atoms with Crippen LogP contribution >= 0.6 is 22.6 Å². The highest BCUT2D eigenvalue weighted by Crippen LogP contribution is 2.30. The van der Waals surface area contributed by atoms with Crippen molar-refractivity contribution in [3.05, 3.63) is 45.3 Å². The Morgan fingerprint density at radius 1 is 1.35 bits per heavy atom. The molecule has 0 aliphatic rings. The standard InChI is InChI=1S/C15H20IN3O/c1-4-9-19-15(13(20-3)10-18-19)14(17-2)11-5-7-12(16)8-6-11/h5-8,10,14,17H,4,9H2,1-3H3. The first-order chi connectivity index (χ1) is 9.71.